The predicted octanol–water partition coefficient (Wildman–Crippen LogP) is 3.20. The molecule has 1 fully saturated rings. The molecule has 0 aromatic carbocycles. The van der Waals surface area contributed by atoms with Crippen molar-refractivity contribution in [2.45, 2.75) is 51.9 Å². The van der Waals surface area contributed by atoms with Crippen molar-refractivity contribution < 1.29 is 0 Å². The Kier molecular flexibility index (Phi) is 5.45. The van der Waals surface area contributed by atoms with Crippen LogP contribution in [0.5, 0.6) is 0 Å². The SMILES string of the molecule is CCCCC1CCCCC1CNC. The highest BCUT2D eigenvalue weighted by atomic mass is 14.8. The van der Waals surface area contributed by atoms with Crippen LogP contribution < -0.4 is 5.32 Å². The molecular weight excluding hydrogens is 158 g/mol. The molecular formula is C12H25N. The van der Waals surface area contributed by atoms with E-state index < -0.39 is 0 Å². The monoisotopic (exact) mass is 183 g/mol. The molecule has 1 aliphatic rings. The van der Waals surface area contributed by atoms with Gasteiger partial charge >= 0.3 is 0 Å². The van der Waals surface area contributed by atoms with E-state index in [1.165, 1.54) is 51.5 Å². The van der Waals surface area contributed by atoms with Crippen molar-refractivity contribution in [3.05, 3.63) is 0 Å². The molecule has 0 radical (unpaired) electrons. The van der Waals surface area contributed by atoms with Crippen LogP contribution in [0, 0.1) is 11.8 Å². The van der Waals surface area contributed by atoms with E-state index in [0.717, 1.165) is 11.8 Å². The van der Waals surface area contributed by atoms with Gasteiger partial charge in [-0.1, -0.05) is 45.4 Å². The van der Waals surface area contributed by atoms with Crippen molar-refractivity contribution >= 4 is 0 Å². The minimum absolute atomic E-state index is 0.977. The summed E-state index contributed by atoms with van der Waals surface area (Å²) in [5, 5.41) is 3.34. The maximum atomic E-state index is 3.34. The van der Waals surface area contributed by atoms with E-state index in [2.05, 4.69) is 19.3 Å². The number of unbranched alkanes of at least 4 members (excludes halogenated alkanes) is 1. The summed E-state index contributed by atoms with van der Waals surface area (Å²) >= 11 is 0. The molecule has 0 aliphatic heterocycles. The first kappa shape index (κ1) is 11.0. The highest BCUT2D eigenvalue weighted by Crippen LogP contribution is 2.32. The fourth-order valence-corrected chi connectivity index (χ4v) is 2.66. The smallest absolute Gasteiger partial charge is 0.00209 e. The van der Waals surface area contributed by atoms with Gasteiger partial charge in [-0.2, -0.15) is 0 Å². The molecule has 0 amide bonds. The fraction of sp³-hybridized carbons (Fsp3) is 1.00. The zero-order valence-electron chi connectivity index (χ0n) is 9.31. The van der Waals surface area contributed by atoms with Gasteiger partial charge < -0.3 is 5.32 Å². The van der Waals surface area contributed by atoms with E-state index in [0.29, 0.717) is 0 Å². The van der Waals surface area contributed by atoms with Gasteiger partial charge in [0, 0.05) is 0 Å². The minimum atomic E-state index is 0.977. The Hall–Kier alpha value is -0.0400. The first-order valence-corrected chi connectivity index (χ1v) is 6.03. The largest absolute Gasteiger partial charge is 0.319 e. The summed E-state index contributed by atoms with van der Waals surface area (Å²) in [5.41, 5.74) is 0. The summed E-state index contributed by atoms with van der Waals surface area (Å²) in [6.45, 7) is 3.55. The second kappa shape index (κ2) is 6.42. The van der Waals surface area contributed by atoms with Gasteiger partial charge in [-0.15, -0.1) is 0 Å². The molecule has 1 heteroatoms. The summed E-state index contributed by atoms with van der Waals surface area (Å²) in [7, 11) is 2.09. The van der Waals surface area contributed by atoms with Crippen molar-refractivity contribution in [1.82, 2.24) is 5.32 Å². The zero-order valence-corrected chi connectivity index (χ0v) is 9.31. The second-order valence-electron chi connectivity index (χ2n) is 4.50. The topological polar surface area (TPSA) is 12.0 Å². The molecule has 78 valence electrons. The highest BCUT2D eigenvalue weighted by molar-refractivity contribution is 4.76. The van der Waals surface area contributed by atoms with E-state index in [-0.39, 0.29) is 0 Å². The Morgan fingerprint density at radius 2 is 1.85 bits per heavy atom. The van der Waals surface area contributed by atoms with Crippen LogP contribution in [0.25, 0.3) is 0 Å². The number of rotatable bonds is 5. The van der Waals surface area contributed by atoms with Gasteiger partial charge in [0.05, 0.1) is 0 Å². The maximum Gasteiger partial charge on any atom is -0.00209 e. The molecule has 2 atom stereocenters. The Bertz CT molecular complexity index is 120. The molecule has 0 aromatic rings. The minimum Gasteiger partial charge on any atom is -0.319 e. The van der Waals surface area contributed by atoms with E-state index in [9.17, 15) is 0 Å². The van der Waals surface area contributed by atoms with Crippen LogP contribution in [-0.4, -0.2) is 13.6 Å². The van der Waals surface area contributed by atoms with Crippen molar-refractivity contribution in [2.75, 3.05) is 13.6 Å². The Balaban J connectivity index is 2.28. The summed E-state index contributed by atoms with van der Waals surface area (Å²) in [4.78, 5) is 0. The van der Waals surface area contributed by atoms with Gasteiger partial charge in [0.1, 0.15) is 0 Å². The van der Waals surface area contributed by atoms with Crippen molar-refractivity contribution in [2.24, 2.45) is 11.8 Å². The van der Waals surface area contributed by atoms with Crippen LogP contribution in [0.2, 0.25) is 0 Å². The molecule has 1 N–H and O–H groups in total. The third-order valence-electron chi connectivity index (χ3n) is 3.46. The van der Waals surface area contributed by atoms with Gasteiger partial charge in [-0.3, -0.25) is 0 Å². The summed E-state index contributed by atoms with van der Waals surface area (Å²) in [6.07, 6.45) is 10.2. The molecule has 1 aliphatic carbocycles. The number of nitrogens with one attached hydrogen (secondary N) is 1. The lowest BCUT2D eigenvalue weighted by atomic mass is 9.77. The molecule has 0 aromatic heterocycles. The molecule has 0 heterocycles. The van der Waals surface area contributed by atoms with Crippen LogP contribution in [0.1, 0.15) is 51.9 Å². The normalized spacial score (nSPS) is 29.1. The van der Waals surface area contributed by atoms with E-state index in [1.807, 2.05) is 0 Å². The van der Waals surface area contributed by atoms with E-state index in [1.54, 1.807) is 0 Å². The maximum absolute atomic E-state index is 3.34. The molecule has 1 rings (SSSR count). The molecule has 0 spiro atoms. The van der Waals surface area contributed by atoms with Crippen LogP contribution >= 0.6 is 0 Å². The highest BCUT2D eigenvalue weighted by Gasteiger charge is 2.23. The summed E-state index contributed by atoms with van der Waals surface area (Å²) < 4.78 is 0. The van der Waals surface area contributed by atoms with Crippen molar-refractivity contribution in [3.63, 3.8) is 0 Å². The lowest BCUT2D eigenvalue weighted by Crippen LogP contribution is -2.28. The van der Waals surface area contributed by atoms with Crippen LogP contribution in [0.15, 0.2) is 0 Å². The molecule has 2 unspecified atom stereocenters. The van der Waals surface area contributed by atoms with Crippen LogP contribution in [0.4, 0.5) is 0 Å². The standard InChI is InChI=1S/C12H25N/c1-3-4-7-11-8-5-6-9-12(11)10-13-2/h11-13H,3-10H2,1-2H3. The van der Waals surface area contributed by atoms with Gasteiger partial charge in [-0.05, 0) is 31.8 Å². The molecule has 13 heavy (non-hydrogen) atoms. The van der Waals surface area contributed by atoms with E-state index >= 15 is 0 Å². The Morgan fingerprint density at radius 3 is 2.46 bits per heavy atom. The molecule has 0 saturated heterocycles. The van der Waals surface area contributed by atoms with Gasteiger partial charge in [0.15, 0.2) is 0 Å². The lowest BCUT2D eigenvalue weighted by molar-refractivity contribution is 0.217. The Morgan fingerprint density at radius 1 is 1.15 bits per heavy atom. The van der Waals surface area contributed by atoms with Crippen LogP contribution in [-0.2, 0) is 0 Å². The Labute approximate surface area is 83.3 Å². The quantitative estimate of drug-likeness (QED) is 0.690. The van der Waals surface area contributed by atoms with E-state index in [4.69, 9.17) is 0 Å². The number of hydrogen-bond acceptors (Lipinski definition) is 1. The average molecular weight is 183 g/mol. The second-order valence-corrected chi connectivity index (χ2v) is 4.50. The average Bonchev–Trinajstić information content (AvgIpc) is 2.17. The van der Waals surface area contributed by atoms with Gasteiger partial charge in [-0.25, -0.2) is 0 Å². The summed E-state index contributed by atoms with van der Waals surface area (Å²) in [6, 6.07) is 0. The zero-order chi connectivity index (χ0) is 9.52. The van der Waals surface area contributed by atoms with Crippen molar-refractivity contribution in [3.8, 4) is 0 Å². The van der Waals surface area contributed by atoms with Gasteiger partial charge in [0.25, 0.3) is 0 Å². The molecule has 0 bridgehead atoms. The summed E-state index contributed by atoms with van der Waals surface area (Å²) in [5.74, 6) is 2.01. The third kappa shape index (κ3) is 3.68. The fourth-order valence-electron chi connectivity index (χ4n) is 2.66. The first-order valence-electron chi connectivity index (χ1n) is 6.03. The number of hydrogen-bond donors (Lipinski definition) is 1. The van der Waals surface area contributed by atoms with Gasteiger partial charge in [0.2, 0.25) is 0 Å². The van der Waals surface area contributed by atoms with Crippen molar-refractivity contribution in [1.29, 1.82) is 0 Å². The molecule has 1 nitrogen and oxygen atoms in total. The van der Waals surface area contributed by atoms with Crippen LogP contribution in [0.3, 0.4) is 0 Å². The third-order valence-corrected chi connectivity index (χ3v) is 3.46. The first-order chi connectivity index (χ1) is 6.38. The molecule has 1 saturated carbocycles. The predicted molar refractivity (Wildman–Crippen MR) is 58.9 cm³/mol. The lowest BCUT2D eigenvalue weighted by Gasteiger charge is -2.31.